The first kappa shape index (κ1) is 13.6. The van der Waals surface area contributed by atoms with E-state index in [0.29, 0.717) is 16.8 Å². The number of nitrogens with one attached hydrogen (secondary N) is 1. The van der Waals surface area contributed by atoms with E-state index in [1.165, 1.54) is 6.20 Å². The summed E-state index contributed by atoms with van der Waals surface area (Å²) in [6, 6.07) is 9.02. The Labute approximate surface area is 115 Å². The molecule has 1 aromatic carbocycles. The molecule has 1 heterocycles. The molecule has 0 aliphatic carbocycles. The summed E-state index contributed by atoms with van der Waals surface area (Å²) in [4.78, 5) is 17.1. The second kappa shape index (κ2) is 6.36. The number of aliphatic hydroxyl groups is 1. The molecule has 1 amide bonds. The first-order valence-corrected chi connectivity index (χ1v) is 6.96. The number of thioether (sulfide) groups is 1. The lowest BCUT2D eigenvalue weighted by molar-refractivity contribution is 0.102. The van der Waals surface area contributed by atoms with Gasteiger partial charge in [0.05, 0.1) is 18.5 Å². The Morgan fingerprint density at radius 2 is 2.05 bits per heavy atom. The first-order chi connectivity index (χ1) is 9.24. The third-order valence-corrected chi connectivity index (χ3v) is 3.43. The molecule has 98 valence electrons. The Morgan fingerprint density at radius 3 is 2.68 bits per heavy atom. The number of hydrogen-bond acceptors (Lipinski definition) is 4. The maximum Gasteiger partial charge on any atom is 0.255 e. The molecule has 0 radical (unpaired) electrons. The van der Waals surface area contributed by atoms with Gasteiger partial charge in [-0.25, -0.2) is 0 Å². The van der Waals surface area contributed by atoms with Crippen molar-refractivity contribution in [2.24, 2.45) is 0 Å². The predicted octanol–water partition coefficient (Wildman–Crippen LogP) is 2.55. The molecule has 19 heavy (non-hydrogen) atoms. The van der Waals surface area contributed by atoms with Crippen molar-refractivity contribution in [3.8, 4) is 0 Å². The smallest absolute Gasteiger partial charge is 0.255 e. The zero-order valence-electron chi connectivity index (χ0n) is 10.5. The number of carbonyl (C=O) groups is 1. The summed E-state index contributed by atoms with van der Waals surface area (Å²) in [7, 11) is 0. The molecule has 0 atom stereocenters. The summed E-state index contributed by atoms with van der Waals surface area (Å²) in [6.07, 6.45) is 5.09. The second-order valence-corrected chi connectivity index (χ2v) is 4.75. The van der Waals surface area contributed by atoms with Gasteiger partial charge in [-0.15, -0.1) is 11.8 Å². The van der Waals surface area contributed by atoms with Gasteiger partial charge in [-0.3, -0.25) is 9.78 Å². The highest BCUT2D eigenvalue weighted by molar-refractivity contribution is 7.98. The third-order valence-electron chi connectivity index (χ3n) is 2.68. The lowest BCUT2D eigenvalue weighted by Crippen LogP contribution is -2.13. The molecular formula is C14H14N2O2S. The van der Waals surface area contributed by atoms with E-state index < -0.39 is 0 Å². The largest absolute Gasteiger partial charge is 0.392 e. The number of nitrogens with zero attached hydrogens (tertiary/aromatic N) is 1. The number of amides is 1. The number of rotatable bonds is 4. The van der Waals surface area contributed by atoms with Gasteiger partial charge in [-0.05, 0) is 36.6 Å². The number of aromatic nitrogens is 1. The highest BCUT2D eigenvalue weighted by Gasteiger charge is 2.08. The Kier molecular flexibility index (Phi) is 4.54. The van der Waals surface area contributed by atoms with Crippen LogP contribution in [0.3, 0.4) is 0 Å². The normalized spacial score (nSPS) is 10.2. The summed E-state index contributed by atoms with van der Waals surface area (Å²) >= 11 is 1.62. The Morgan fingerprint density at radius 1 is 1.32 bits per heavy atom. The molecule has 0 bridgehead atoms. The monoisotopic (exact) mass is 274 g/mol. The highest BCUT2D eigenvalue weighted by atomic mass is 32.2. The molecule has 1 aromatic heterocycles. The zero-order chi connectivity index (χ0) is 13.7. The lowest BCUT2D eigenvalue weighted by Gasteiger charge is -2.08. The van der Waals surface area contributed by atoms with Crippen molar-refractivity contribution >= 4 is 23.4 Å². The van der Waals surface area contributed by atoms with Gasteiger partial charge < -0.3 is 10.4 Å². The minimum Gasteiger partial charge on any atom is -0.392 e. The van der Waals surface area contributed by atoms with E-state index in [1.54, 1.807) is 36.2 Å². The van der Waals surface area contributed by atoms with Crippen LogP contribution in [0.2, 0.25) is 0 Å². The lowest BCUT2D eigenvalue weighted by atomic mass is 10.2. The zero-order valence-corrected chi connectivity index (χ0v) is 11.3. The molecular weight excluding hydrogens is 260 g/mol. The quantitative estimate of drug-likeness (QED) is 0.841. The summed E-state index contributed by atoms with van der Waals surface area (Å²) in [6.45, 7) is -0.135. The molecule has 0 saturated heterocycles. The molecule has 0 fully saturated rings. The van der Waals surface area contributed by atoms with Crippen molar-refractivity contribution in [3.63, 3.8) is 0 Å². The van der Waals surface area contributed by atoms with Gasteiger partial charge in [0, 0.05) is 22.2 Å². The van der Waals surface area contributed by atoms with E-state index in [1.807, 2.05) is 18.4 Å². The third kappa shape index (κ3) is 3.33. The second-order valence-electron chi connectivity index (χ2n) is 3.87. The Hall–Kier alpha value is -1.85. The van der Waals surface area contributed by atoms with E-state index in [0.717, 1.165) is 4.90 Å². The Bertz CT molecular complexity index is 570. The van der Waals surface area contributed by atoms with Crippen LogP contribution >= 0.6 is 11.8 Å². The van der Waals surface area contributed by atoms with E-state index in [4.69, 9.17) is 0 Å². The van der Waals surface area contributed by atoms with Gasteiger partial charge in [0.2, 0.25) is 0 Å². The number of anilines is 1. The molecule has 0 saturated carbocycles. The summed E-state index contributed by atoms with van der Waals surface area (Å²) in [5.74, 6) is -0.213. The number of hydrogen-bond donors (Lipinski definition) is 2. The summed E-state index contributed by atoms with van der Waals surface area (Å²) < 4.78 is 0. The van der Waals surface area contributed by atoms with Crippen LogP contribution in [0.25, 0.3) is 0 Å². The molecule has 2 rings (SSSR count). The van der Waals surface area contributed by atoms with Crippen molar-refractivity contribution in [2.45, 2.75) is 11.5 Å². The molecule has 0 spiro atoms. The van der Waals surface area contributed by atoms with Crippen molar-refractivity contribution in [1.82, 2.24) is 4.98 Å². The molecule has 0 unspecified atom stereocenters. The molecule has 0 aliphatic heterocycles. The highest BCUT2D eigenvalue weighted by Crippen LogP contribution is 2.17. The number of benzene rings is 1. The minimum atomic E-state index is -0.213. The SMILES string of the molecule is CSc1ccc(C(=O)Nc2cnccc2CO)cc1. The number of aliphatic hydroxyl groups excluding tert-OH is 1. The maximum absolute atomic E-state index is 12.1. The summed E-state index contributed by atoms with van der Waals surface area (Å²) in [5, 5.41) is 11.9. The van der Waals surface area contributed by atoms with Crippen LogP contribution in [0.1, 0.15) is 15.9 Å². The van der Waals surface area contributed by atoms with Crippen molar-refractivity contribution in [3.05, 3.63) is 53.9 Å². The fourth-order valence-electron chi connectivity index (χ4n) is 1.61. The average Bonchev–Trinajstić information content (AvgIpc) is 2.48. The predicted molar refractivity (Wildman–Crippen MR) is 76.3 cm³/mol. The standard InChI is InChI=1S/C14H14N2O2S/c1-19-12-4-2-10(3-5-12)14(18)16-13-8-15-7-6-11(13)9-17/h2-8,17H,9H2,1H3,(H,16,18). The van der Waals surface area contributed by atoms with Gasteiger partial charge in [0.1, 0.15) is 0 Å². The van der Waals surface area contributed by atoms with Crippen LogP contribution in [0, 0.1) is 0 Å². The van der Waals surface area contributed by atoms with Gasteiger partial charge in [-0.1, -0.05) is 0 Å². The first-order valence-electron chi connectivity index (χ1n) is 5.73. The molecule has 2 N–H and O–H groups in total. The molecule has 5 heteroatoms. The van der Waals surface area contributed by atoms with Crippen LogP contribution in [0.15, 0.2) is 47.6 Å². The van der Waals surface area contributed by atoms with Gasteiger partial charge >= 0.3 is 0 Å². The summed E-state index contributed by atoms with van der Waals surface area (Å²) in [5.41, 5.74) is 1.75. The minimum absolute atomic E-state index is 0.135. The van der Waals surface area contributed by atoms with Crippen molar-refractivity contribution < 1.29 is 9.90 Å². The van der Waals surface area contributed by atoms with Crippen LogP contribution in [-0.4, -0.2) is 22.3 Å². The fraction of sp³-hybridized carbons (Fsp3) is 0.143. The van der Waals surface area contributed by atoms with Crippen LogP contribution in [0.5, 0.6) is 0 Å². The topological polar surface area (TPSA) is 62.2 Å². The number of pyridine rings is 1. The molecule has 2 aromatic rings. The number of carbonyl (C=O) groups excluding carboxylic acids is 1. The van der Waals surface area contributed by atoms with Crippen LogP contribution in [-0.2, 0) is 6.61 Å². The van der Waals surface area contributed by atoms with Crippen LogP contribution < -0.4 is 5.32 Å². The van der Waals surface area contributed by atoms with Crippen molar-refractivity contribution in [1.29, 1.82) is 0 Å². The van der Waals surface area contributed by atoms with Crippen molar-refractivity contribution in [2.75, 3.05) is 11.6 Å². The van der Waals surface area contributed by atoms with Gasteiger partial charge in [-0.2, -0.15) is 0 Å². The van der Waals surface area contributed by atoms with E-state index in [-0.39, 0.29) is 12.5 Å². The molecule has 0 aliphatic rings. The van der Waals surface area contributed by atoms with Gasteiger partial charge in [0.25, 0.3) is 5.91 Å². The van der Waals surface area contributed by atoms with Crippen LogP contribution in [0.4, 0.5) is 5.69 Å². The molecule has 4 nitrogen and oxygen atoms in total. The van der Waals surface area contributed by atoms with E-state index in [9.17, 15) is 9.90 Å². The van der Waals surface area contributed by atoms with Gasteiger partial charge in [0.15, 0.2) is 0 Å². The average molecular weight is 274 g/mol. The fourth-order valence-corrected chi connectivity index (χ4v) is 2.02. The van der Waals surface area contributed by atoms with E-state index in [2.05, 4.69) is 10.3 Å². The van der Waals surface area contributed by atoms with E-state index >= 15 is 0 Å². The maximum atomic E-state index is 12.1. The Balaban J connectivity index is 2.16.